The molecule has 0 atom stereocenters. The predicted octanol–water partition coefficient (Wildman–Crippen LogP) is 2.09. The molecule has 1 aromatic rings. The summed E-state index contributed by atoms with van der Waals surface area (Å²) in [5.74, 6) is 0. The van der Waals surface area contributed by atoms with Crippen molar-refractivity contribution < 1.29 is 4.79 Å². The molecule has 86 valence electrons. The van der Waals surface area contributed by atoms with Crippen molar-refractivity contribution in [3.05, 3.63) is 23.8 Å². The highest BCUT2D eigenvalue weighted by molar-refractivity contribution is 5.88. The average molecular weight is 219 g/mol. The number of amides is 2. The summed E-state index contributed by atoms with van der Waals surface area (Å²) in [5.41, 5.74) is 8.26. The topological polar surface area (TPSA) is 58.4 Å². The second kappa shape index (κ2) is 4.43. The Balaban J connectivity index is 2.18. The van der Waals surface area contributed by atoms with Crippen molar-refractivity contribution in [2.45, 2.75) is 19.8 Å². The van der Waals surface area contributed by atoms with Crippen LogP contribution in [0.4, 0.5) is 16.2 Å². The van der Waals surface area contributed by atoms with Gasteiger partial charge in [0, 0.05) is 24.5 Å². The Bertz CT molecular complexity index is 397. The first-order chi connectivity index (χ1) is 7.66. The van der Waals surface area contributed by atoms with Gasteiger partial charge in [-0.2, -0.15) is 0 Å². The minimum absolute atomic E-state index is 0.520. The monoisotopic (exact) mass is 219 g/mol. The molecule has 0 aliphatic carbocycles. The molecule has 0 bridgehead atoms. The van der Waals surface area contributed by atoms with E-state index in [1.807, 2.05) is 18.2 Å². The van der Waals surface area contributed by atoms with E-state index in [-0.39, 0.29) is 0 Å². The van der Waals surface area contributed by atoms with Crippen molar-refractivity contribution in [3.63, 3.8) is 0 Å². The molecule has 0 unspecified atom stereocenters. The van der Waals surface area contributed by atoms with E-state index in [1.54, 1.807) is 0 Å². The summed E-state index contributed by atoms with van der Waals surface area (Å²) in [6.45, 7) is 4.31. The van der Waals surface area contributed by atoms with E-state index in [4.69, 9.17) is 5.73 Å². The van der Waals surface area contributed by atoms with Gasteiger partial charge in [0.2, 0.25) is 0 Å². The third-order valence-electron chi connectivity index (χ3n) is 2.91. The first-order valence-electron chi connectivity index (χ1n) is 5.59. The molecule has 4 heteroatoms. The Morgan fingerprint density at radius 3 is 2.62 bits per heavy atom. The molecular formula is C12H17N3O. The summed E-state index contributed by atoms with van der Waals surface area (Å²) in [6.07, 6.45) is 2.53. The number of nitrogens with one attached hydrogen (secondary N) is 1. The van der Waals surface area contributed by atoms with Crippen molar-refractivity contribution >= 4 is 17.4 Å². The molecule has 0 saturated carbocycles. The van der Waals surface area contributed by atoms with Crippen LogP contribution in [0.25, 0.3) is 0 Å². The molecule has 1 fully saturated rings. The fourth-order valence-electron chi connectivity index (χ4n) is 2.19. The summed E-state index contributed by atoms with van der Waals surface area (Å²) in [7, 11) is 0. The molecule has 2 amide bonds. The van der Waals surface area contributed by atoms with Gasteiger partial charge >= 0.3 is 6.03 Å². The quantitative estimate of drug-likeness (QED) is 0.800. The highest BCUT2D eigenvalue weighted by Gasteiger charge is 2.14. The summed E-state index contributed by atoms with van der Waals surface area (Å²) in [6, 6.07) is 5.38. The van der Waals surface area contributed by atoms with Crippen molar-refractivity contribution in [3.8, 4) is 0 Å². The fraction of sp³-hybridized carbons (Fsp3) is 0.417. The fourth-order valence-corrected chi connectivity index (χ4v) is 2.19. The third-order valence-corrected chi connectivity index (χ3v) is 2.91. The number of aryl methyl sites for hydroxylation is 1. The second-order valence-electron chi connectivity index (χ2n) is 4.18. The smallest absolute Gasteiger partial charge is 0.316 e. The van der Waals surface area contributed by atoms with Crippen LogP contribution in [-0.4, -0.2) is 19.1 Å². The number of carbonyl (C=O) groups excluding carboxylic acids is 1. The van der Waals surface area contributed by atoms with E-state index in [2.05, 4.69) is 17.1 Å². The third kappa shape index (κ3) is 2.27. The van der Waals surface area contributed by atoms with Gasteiger partial charge in [0.25, 0.3) is 0 Å². The first kappa shape index (κ1) is 10.8. The molecule has 0 radical (unpaired) electrons. The van der Waals surface area contributed by atoms with Crippen LogP contribution >= 0.6 is 0 Å². The molecule has 1 heterocycles. The minimum atomic E-state index is -0.520. The maximum Gasteiger partial charge on any atom is 0.316 e. The van der Waals surface area contributed by atoms with E-state index >= 15 is 0 Å². The number of carbonyl (C=O) groups is 1. The molecule has 0 spiro atoms. The Kier molecular flexibility index (Phi) is 2.99. The zero-order chi connectivity index (χ0) is 11.5. The molecule has 2 rings (SSSR count). The normalized spacial score (nSPS) is 15.2. The lowest BCUT2D eigenvalue weighted by atomic mass is 10.1. The molecule has 0 aromatic heterocycles. The molecule has 1 saturated heterocycles. The van der Waals surface area contributed by atoms with Gasteiger partial charge in [0.05, 0.1) is 0 Å². The van der Waals surface area contributed by atoms with Crippen molar-refractivity contribution in [1.82, 2.24) is 0 Å². The molecule has 16 heavy (non-hydrogen) atoms. The van der Waals surface area contributed by atoms with Crippen LogP contribution in [0.1, 0.15) is 18.4 Å². The maximum atomic E-state index is 10.7. The van der Waals surface area contributed by atoms with Gasteiger partial charge in [-0.1, -0.05) is 0 Å². The van der Waals surface area contributed by atoms with Gasteiger partial charge < -0.3 is 16.0 Å². The van der Waals surface area contributed by atoms with Gasteiger partial charge in [-0.25, -0.2) is 4.79 Å². The number of hydrogen-bond donors (Lipinski definition) is 2. The Labute approximate surface area is 95.4 Å². The lowest BCUT2D eigenvalue weighted by molar-refractivity contribution is 0.259. The number of nitrogens with two attached hydrogens (primary N) is 1. The Morgan fingerprint density at radius 1 is 1.38 bits per heavy atom. The summed E-state index contributed by atoms with van der Waals surface area (Å²) >= 11 is 0. The van der Waals surface area contributed by atoms with E-state index < -0.39 is 6.03 Å². The van der Waals surface area contributed by atoms with Crippen molar-refractivity contribution in [1.29, 1.82) is 0 Å². The summed E-state index contributed by atoms with van der Waals surface area (Å²) in [5, 5.41) is 2.58. The van der Waals surface area contributed by atoms with Gasteiger partial charge in [0.1, 0.15) is 0 Å². The second-order valence-corrected chi connectivity index (χ2v) is 4.18. The van der Waals surface area contributed by atoms with E-state index in [9.17, 15) is 4.79 Å². The molecule has 1 aliphatic heterocycles. The number of primary amides is 1. The largest absolute Gasteiger partial charge is 0.371 e. The van der Waals surface area contributed by atoms with E-state index in [0.717, 1.165) is 18.8 Å². The predicted molar refractivity (Wildman–Crippen MR) is 65.8 cm³/mol. The maximum absolute atomic E-state index is 10.7. The van der Waals surface area contributed by atoms with E-state index in [1.165, 1.54) is 24.1 Å². The highest BCUT2D eigenvalue weighted by Crippen LogP contribution is 2.26. The van der Waals surface area contributed by atoms with Crippen LogP contribution < -0.4 is 16.0 Å². The molecule has 3 N–H and O–H groups in total. The zero-order valence-electron chi connectivity index (χ0n) is 9.49. The van der Waals surface area contributed by atoms with Gasteiger partial charge in [-0.05, 0) is 43.5 Å². The molecule has 4 nitrogen and oxygen atoms in total. The van der Waals surface area contributed by atoms with Crippen LogP contribution in [0.15, 0.2) is 18.2 Å². The number of rotatable bonds is 2. The van der Waals surface area contributed by atoms with Crippen molar-refractivity contribution in [2.75, 3.05) is 23.3 Å². The number of benzene rings is 1. The minimum Gasteiger partial charge on any atom is -0.371 e. The van der Waals surface area contributed by atoms with Crippen LogP contribution in [0, 0.1) is 6.92 Å². The van der Waals surface area contributed by atoms with Crippen LogP contribution in [0.2, 0.25) is 0 Å². The molecule has 1 aromatic carbocycles. The summed E-state index contributed by atoms with van der Waals surface area (Å²) < 4.78 is 0. The van der Waals surface area contributed by atoms with Gasteiger partial charge in [0.15, 0.2) is 0 Å². The lowest BCUT2D eigenvalue weighted by Crippen LogP contribution is -2.20. The SMILES string of the molecule is Cc1cc(NC(N)=O)ccc1N1CCCC1. The number of nitrogens with zero attached hydrogens (tertiary/aromatic N) is 1. The first-order valence-corrected chi connectivity index (χ1v) is 5.59. The highest BCUT2D eigenvalue weighted by atomic mass is 16.2. The zero-order valence-corrected chi connectivity index (χ0v) is 9.49. The Morgan fingerprint density at radius 2 is 2.06 bits per heavy atom. The van der Waals surface area contributed by atoms with Gasteiger partial charge in [-0.15, -0.1) is 0 Å². The standard InChI is InChI=1S/C12H17N3O/c1-9-8-10(14-12(13)16)4-5-11(9)15-6-2-3-7-15/h4-5,8H,2-3,6-7H2,1H3,(H3,13,14,16). The molecule has 1 aliphatic rings. The molecular weight excluding hydrogens is 202 g/mol. The lowest BCUT2D eigenvalue weighted by Gasteiger charge is -2.20. The Hall–Kier alpha value is -1.71. The summed E-state index contributed by atoms with van der Waals surface area (Å²) in [4.78, 5) is 13.1. The number of hydrogen-bond acceptors (Lipinski definition) is 2. The number of anilines is 2. The number of urea groups is 1. The van der Waals surface area contributed by atoms with Crippen molar-refractivity contribution in [2.24, 2.45) is 5.73 Å². The van der Waals surface area contributed by atoms with Crippen LogP contribution in [0.3, 0.4) is 0 Å². The van der Waals surface area contributed by atoms with Crippen LogP contribution in [0.5, 0.6) is 0 Å². The van der Waals surface area contributed by atoms with Gasteiger partial charge in [-0.3, -0.25) is 0 Å². The average Bonchev–Trinajstić information content (AvgIpc) is 2.69. The van der Waals surface area contributed by atoms with E-state index in [0.29, 0.717) is 0 Å². The van der Waals surface area contributed by atoms with Crippen LogP contribution in [-0.2, 0) is 0 Å².